The molecule has 0 spiro atoms. The predicted molar refractivity (Wildman–Crippen MR) is 75.9 cm³/mol. The van der Waals surface area contributed by atoms with Crippen LogP contribution in [0.25, 0.3) is 0 Å². The van der Waals surface area contributed by atoms with Gasteiger partial charge in [-0.3, -0.25) is 0 Å². The van der Waals surface area contributed by atoms with Crippen LogP contribution in [0.15, 0.2) is 12.3 Å². The van der Waals surface area contributed by atoms with Crippen molar-refractivity contribution >= 4 is 11.8 Å². The summed E-state index contributed by atoms with van der Waals surface area (Å²) >= 11 is 0. The number of aromatic nitrogens is 2. The third-order valence-electron chi connectivity index (χ3n) is 3.77. The molecule has 0 aromatic carbocycles. The maximum absolute atomic E-state index is 4.46. The van der Waals surface area contributed by atoms with E-state index in [-0.39, 0.29) is 0 Å². The third kappa shape index (κ3) is 3.59. The summed E-state index contributed by atoms with van der Waals surface area (Å²) in [6.45, 7) is 5.20. The number of nitrogens with one attached hydrogen (secondary N) is 2. The van der Waals surface area contributed by atoms with Crippen LogP contribution in [0.1, 0.15) is 46.0 Å². The zero-order chi connectivity index (χ0) is 12.8. The van der Waals surface area contributed by atoms with Crippen molar-refractivity contribution in [3.05, 3.63) is 12.3 Å². The lowest BCUT2D eigenvalue weighted by atomic mass is 9.84. The Morgan fingerprint density at radius 2 is 2.00 bits per heavy atom. The quantitative estimate of drug-likeness (QED) is 0.839. The molecule has 1 aliphatic carbocycles. The number of anilines is 2. The minimum atomic E-state index is 0.581. The number of rotatable bonds is 5. The van der Waals surface area contributed by atoms with Crippen molar-refractivity contribution in [3.63, 3.8) is 0 Å². The maximum Gasteiger partial charge on any atom is 0.224 e. The van der Waals surface area contributed by atoms with Crippen molar-refractivity contribution in [1.29, 1.82) is 0 Å². The van der Waals surface area contributed by atoms with E-state index in [9.17, 15) is 0 Å². The summed E-state index contributed by atoms with van der Waals surface area (Å²) < 4.78 is 0. The van der Waals surface area contributed by atoms with Crippen molar-refractivity contribution in [2.45, 2.75) is 52.0 Å². The van der Waals surface area contributed by atoms with E-state index in [4.69, 9.17) is 0 Å². The molecule has 0 saturated heterocycles. The van der Waals surface area contributed by atoms with Crippen LogP contribution in [0.3, 0.4) is 0 Å². The molecule has 2 rings (SSSR count). The molecule has 4 heteroatoms. The van der Waals surface area contributed by atoms with Gasteiger partial charge in [0.05, 0.1) is 0 Å². The molecule has 0 unspecified atom stereocenters. The minimum absolute atomic E-state index is 0.581. The summed E-state index contributed by atoms with van der Waals surface area (Å²) in [5, 5.41) is 6.67. The Morgan fingerprint density at radius 3 is 2.67 bits per heavy atom. The molecule has 1 fully saturated rings. The lowest BCUT2D eigenvalue weighted by molar-refractivity contribution is 0.330. The fourth-order valence-electron chi connectivity index (χ4n) is 2.61. The first-order valence-corrected chi connectivity index (χ1v) is 7.15. The average molecular weight is 248 g/mol. The van der Waals surface area contributed by atoms with Crippen LogP contribution in [0.5, 0.6) is 0 Å². The van der Waals surface area contributed by atoms with E-state index in [2.05, 4.69) is 34.4 Å². The molecule has 1 aromatic heterocycles. The standard InChI is InChI=1S/C14H24N4/c1-3-11-5-7-12(8-6-11)17-13-9-10-16-14(18-13)15-4-2/h9-12H,3-8H2,1-2H3,(H2,15,16,17,18). The Balaban J connectivity index is 1.87. The van der Waals surface area contributed by atoms with E-state index in [1.807, 2.05) is 12.3 Å². The van der Waals surface area contributed by atoms with Crippen molar-refractivity contribution in [2.75, 3.05) is 17.2 Å². The summed E-state index contributed by atoms with van der Waals surface area (Å²) in [6, 6.07) is 2.53. The molecule has 0 bridgehead atoms. The number of hydrogen-bond acceptors (Lipinski definition) is 4. The zero-order valence-electron chi connectivity index (χ0n) is 11.4. The second-order valence-electron chi connectivity index (χ2n) is 5.07. The fourth-order valence-corrected chi connectivity index (χ4v) is 2.61. The second kappa shape index (κ2) is 6.57. The Hall–Kier alpha value is -1.32. The van der Waals surface area contributed by atoms with Crippen molar-refractivity contribution in [1.82, 2.24) is 9.97 Å². The van der Waals surface area contributed by atoms with Gasteiger partial charge < -0.3 is 10.6 Å². The molecule has 0 aliphatic heterocycles. The molecule has 0 atom stereocenters. The topological polar surface area (TPSA) is 49.8 Å². The van der Waals surface area contributed by atoms with Gasteiger partial charge >= 0.3 is 0 Å². The summed E-state index contributed by atoms with van der Waals surface area (Å²) in [7, 11) is 0. The van der Waals surface area contributed by atoms with Crippen LogP contribution in [-0.2, 0) is 0 Å². The molecule has 4 nitrogen and oxygen atoms in total. The first kappa shape index (κ1) is 13.1. The Labute approximate surface area is 110 Å². The van der Waals surface area contributed by atoms with Crippen LogP contribution in [0.4, 0.5) is 11.8 Å². The van der Waals surface area contributed by atoms with Crippen LogP contribution in [0.2, 0.25) is 0 Å². The first-order chi connectivity index (χ1) is 8.81. The Bertz CT molecular complexity index is 359. The van der Waals surface area contributed by atoms with Gasteiger partial charge in [0.2, 0.25) is 5.95 Å². The normalized spacial score (nSPS) is 23.7. The van der Waals surface area contributed by atoms with Crippen LogP contribution in [0, 0.1) is 5.92 Å². The number of hydrogen-bond donors (Lipinski definition) is 2. The highest BCUT2D eigenvalue weighted by Crippen LogP contribution is 2.28. The Morgan fingerprint density at radius 1 is 1.22 bits per heavy atom. The highest BCUT2D eigenvalue weighted by molar-refractivity contribution is 5.40. The SMILES string of the molecule is CCNc1nccc(NC2CCC(CC)CC2)n1. The summed E-state index contributed by atoms with van der Waals surface area (Å²) in [5.41, 5.74) is 0. The summed E-state index contributed by atoms with van der Waals surface area (Å²) in [4.78, 5) is 8.65. The van der Waals surface area contributed by atoms with E-state index in [1.54, 1.807) is 0 Å². The molecule has 18 heavy (non-hydrogen) atoms. The first-order valence-electron chi connectivity index (χ1n) is 7.15. The monoisotopic (exact) mass is 248 g/mol. The zero-order valence-corrected chi connectivity index (χ0v) is 11.4. The molecule has 1 aromatic rings. The van der Waals surface area contributed by atoms with Gasteiger partial charge in [0, 0.05) is 18.8 Å². The fraction of sp³-hybridized carbons (Fsp3) is 0.714. The molecule has 1 saturated carbocycles. The lowest BCUT2D eigenvalue weighted by Crippen LogP contribution is -2.26. The summed E-state index contributed by atoms with van der Waals surface area (Å²) in [6.07, 6.45) is 8.35. The van der Waals surface area contributed by atoms with Gasteiger partial charge in [0.25, 0.3) is 0 Å². The molecule has 2 N–H and O–H groups in total. The highest BCUT2D eigenvalue weighted by atomic mass is 15.1. The van der Waals surface area contributed by atoms with Crippen molar-refractivity contribution in [2.24, 2.45) is 5.92 Å². The summed E-state index contributed by atoms with van der Waals surface area (Å²) in [5.74, 6) is 2.59. The lowest BCUT2D eigenvalue weighted by Gasteiger charge is -2.28. The van der Waals surface area contributed by atoms with Gasteiger partial charge in [-0.1, -0.05) is 13.3 Å². The molecule has 1 heterocycles. The van der Waals surface area contributed by atoms with E-state index in [1.165, 1.54) is 32.1 Å². The van der Waals surface area contributed by atoms with Gasteiger partial charge in [-0.2, -0.15) is 4.98 Å². The minimum Gasteiger partial charge on any atom is -0.367 e. The van der Waals surface area contributed by atoms with Gasteiger partial charge in [-0.15, -0.1) is 0 Å². The van der Waals surface area contributed by atoms with E-state index in [0.29, 0.717) is 12.0 Å². The van der Waals surface area contributed by atoms with E-state index in [0.717, 1.165) is 18.3 Å². The molecule has 100 valence electrons. The second-order valence-corrected chi connectivity index (χ2v) is 5.07. The molecule has 0 amide bonds. The van der Waals surface area contributed by atoms with Gasteiger partial charge in [-0.05, 0) is 44.6 Å². The highest BCUT2D eigenvalue weighted by Gasteiger charge is 2.19. The number of nitrogens with zero attached hydrogens (tertiary/aromatic N) is 2. The van der Waals surface area contributed by atoms with Gasteiger partial charge in [0.15, 0.2) is 0 Å². The van der Waals surface area contributed by atoms with E-state index >= 15 is 0 Å². The van der Waals surface area contributed by atoms with Gasteiger partial charge in [-0.25, -0.2) is 4.98 Å². The van der Waals surface area contributed by atoms with Crippen molar-refractivity contribution < 1.29 is 0 Å². The largest absolute Gasteiger partial charge is 0.367 e. The van der Waals surface area contributed by atoms with Crippen molar-refractivity contribution in [3.8, 4) is 0 Å². The third-order valence-corrected chi connectivity index (χ3v) is 3.77. The molecular weight excluding hydrogens is 224 g/mol. The molecular formula is C14H24N4. The predicted octanol–water partition coefficient (Wildman–Crippen LogP) is 3.29. The van der Waals surface area contributed by atoms with Crippen LogP contribution in [-0.4, -0.2) is 22.6 Å². The van der Waals surface area contributed by atoms with Crippen LogP contribution < -0.4 is 10.6 Å². The maximum atomic E-state index is 4.46. The molecule has 0 radical (unpaired) electrons. The molecule has 1 aliphatic rings. The van der Waals surface area contributed by atoms with Crippen LogP contribution >= 0.6 is 0 Å². The smallest absolute Gasteiger partial charge is 0.224 e. The average Bonchev–Trinajstić information content (AvgIpc) is 2.40. The van der Waals surface area contributed by atoms with E-state index < -0.39 is 0 Å². The van der Waals surface area contributed by atoms with Gasteiger partial charge in [0.1, 0.15) is 5.82 Å². The Kier molecular flexibility index (Phi) is 4.79.